The molecule has 0 bridgehead atoms. The molecule has 3 aromatic rings. The lowest BCUT2D eigenvalue weighted by Crippen LogP contribution is -2.22. The van der Waals surface area contributed by atoms with E-state index in [0.29, 0.717) is 18.0 Å². The van der Waals surface area contributed by atoms with Gasteiger partial charge in [0.15, 0.2) is 0 Å². The van der Waals surface area contributed by atoms with Gasteiger partial charge in [-0.2, -0.15) is 0 Å². The van der Waals surface area contributed by atoms with E-state index in [-0.39, 0.29) is 11.8 Å². The van der Waals surface area contributed by atoms with Gasteiger partial charge in [0.2, 0.25) is 5.91 Å². The Morgan fingerprint density at radius 2 is 1.38 bits per heavy atom. The molecule has 0 saturated carbocycles. The summed E-state index contributed by atoms with van der Waals surface area (Å²) < 4.78 is 5.76. The standard InChI is InChI=1S/C23H23NO2/c1-2-17-26-21-16-10-9-15-20(21)24-23(25)22(18-11-5-3-6-12-18)19-13-7-4-8-14-19/h3-16,22H,2,17H2,1H3,(H,24,25). The Bertz CT molecular complexity index is 792. The number of hydrogen-bond donors (Lipinski definition) is 1. The predicted octanol–water partition coefficient (Wildman–Crippen LogP) is 5.25. The third-order valence-corrected chi connectivity index (χ3v) is 4.13. The first-order valence-corrected chi connectivity index (χ1v) is 8.92. The number of rotatable bonds is 7. The van der Waals surface area contributed by atoms with E-state index in [0.717, 1.165) is 17.5 Å². The van der Waals surface area contributed by atoms with Crippen LogP contribution in [0.25, 0.3) is 0 Å². The fourth-order valence-corrected chi connectivity index (χ4v) is 2.90. The van der Waals surface area contributed by atoms with E-state index in [1.54, 1.807) is 0 Å². The monoisotopic (exact) mass is 345 g/mol. The third-order valence-electron chi connectivity index (χ3n) is 4.13. The summed E-state index contributed by atoms with van der Waals surface area (Å²) in [7, 11) is 0. The van der Waals surface area contributed by atoms with E-state index in [1.165, 1.54) is 0 Å². The van der Waals surface area contributed by atoms with Crippen molar-refractivity contribution in [3.63, 3.8) is 0 Å². The predicted molar refractivity (Wildman–Crippen MR) is 106 cm³/mol. The van der Waals surface area contributed by atoms with Gasteiger partial charge in [0.05, 0.1) is 18.2 Å². The molecule has 0 atom stereocenters. The van der Waals surface area contributed by atoms with Crippen LogP contribution >= 0.6 is 0 Å². The van der Waals surface area contributed by atoms with Crippen molar-refractivity contribution in [3.8, 4) is 5.75 Å². The lowest BCUT2D eigenvalue weighted by molar-refractivity contribution is -0.116. The van der Waals surface area contributed by atoms with Crippen molar-refractivity contribution in [2.75, 3.05) is 11.9 Å². The molecule has 132 valence electrons. The van der Waals surface area contributed by atoms with Gasteiger partial charge in [-0.05, 0) is 29.7 Å². The Hall–Kier alpha value is -3.07. The topological polar surface area (TPSA) is 38.3 Å². The minimum absolute atomic E-state index is 0.0741. The smallest absolute Gasteiger partial charge is 0.236 e. The van der Waals surface area contributed by atoms with Gasteiger partial charge in [0.1, 0.15) is 5.75 Å². The molecule has 0 aromatic heterocycles. The Labute approximate surface area is 154 Å². The van der Waals surface area contributed by atoms with Crippen molar-refractivity contribution in [2.24, 2.45) is 0 Å². The van der Waals surface area contributed by atoms with Gasteiger partial charge in [-0.15, -0.1) is 0 Å². The Morgan fingerprint density at radius 1 is 0.846 bits per heavy atom. The van der Waals surface area contributed by atoms with Crippen LogP contribution in [0.2, 0.25) is 0 Å². The summed E-state index contributed by atoms with van der Waals surface area (Å²) in [4.78, 5) is 13.2. The van der Waals surface area contributed by atoms with E-state index in [1.807, 2.05) is 84.9 Å². The minimum Gasteiger partial charge on any atom is -0.491 e. The zero-order chi connectivity index (χ0) is 18.2. The van der Waals surface area contributed by atoms with Gasteiger partial charge in [-0.25, -0.2) is 0 Å². The molecule has 0 spiro atoms. The highest BCUT2D eigenvalue weighted by molar-refractivity contribution is 5.99. The SMILES string of the molecule is CCCOc1ccccc1NC(=O)C(c1ccccc1)c1ccccc1. The van der Waals surface area contributed by atoms with E-state index < -0.39 is 0 Å². The molecule has 0 fully saturated rings. The van der Waals surface area contributed by atoms with Gasteiger partial charge in [0, 0.05) is 0 Å². The molecule has 0 radical (unpaired) electrons. The normalized spacial score (nSPS) is 10.5. The molecule has 3 aromatic carbocycles. The fourth-order valence-electron chi connectivity index (χ4n) is 2.90. The lowest BCUT2D eigenvalue weighted by Gasteiger charge is -2.19. The van der Waals surface area contributed by atoms with Gasteiger partial charge in [0.25, 0.3) is 0 Å². The zero-order valence-electron chi connectivity index (χ0n) is 14.9. The molecule has 1 N–H and O–H groups in total. The van der Waals surface area contributed by atoms with Gasteiger partial charge >= 0.3 is 0 Å². The summed E-state index contributed by atoms with van der Waals surface area (Å²) in [5.74, 6) is 0.245. The van der Waals surface area contributed by atoms with E-state index >= 15 is 0 Å². The summed E-state index contributed by atoms with van der Waals surface area (Å²) in [5.41, 5.74) is 2.62. The number of benzene rings is 3. The molecule has 0 heterocycles. The van der Waals surface area contributed by atoms with Crippen LogP contribution in [0.15, 0.2) is 84.9 Å². The Morgan fingerprint density at radius 3 is 1.96 bits per heavy atom. The number of carbonyl (C=O) groups is 1. The van der Waals surface area contributed by atoms with Crippen LogP contribution in [-0.4, -0.2) is 12.5 Å². The van der Waals surface area contributed by atoms with E-state index in [4.69, 9.17) is 4.74 Å². The van der Waals surface area contributed by atoms with Crippen molar-refractivity contribution >= 4 is 11.6 Å². The van der Waals surface area contributed by atoms with Gasteiger partial charge < -0.3 is 10.1 Å². The number of anilines is 1. The van der Waals surface area contributed by atoms with E-state index in [2.05, 4.69) is 12.2 Å². The van der Waals surface area contributed by atoms with Crippen molar-refractivity contribution < 1.29 is 9.53 Å². The molecule has 1 amide bonds. The summed E-state index contributed by atoms with van der Waals surface area (Å²) in [6, 6.07) is 27.2. The highest BCUT2D eigenvalue weighted by Crippen LogP contribution is 2.29. The van der Waals surface area contributed by atoms with Crippen LogP contribution in [0, 0.1) is 0 Å². The number of ether oxygens (including phenoxy) is 1. The second-order valence-corrected chi connectivity index (χ2v) is 6.09. The molecule has 0 aliphatic carbocycles. The maximum Gasteiger partial charge on any atom is 0.236 e. The van der Waals surface area contributed by atoms with Crippen LogP contribution in [0.4, 0.5) is 5.69 Å². The number of carbonyl (C=O) groups excluding carboxylic acids is 1. The van der Waals surface area contributed by atoms with Crippen LogP contribution in [-0.2, 0) is 4.79 Å². The number of para-hydroxylation sites is 2. The second kappa shape index (κ2) is 8.86. The Balaban J connectivity index is 1.90. The molecule has 0 unspecified atom stereocenters. The van der Waals surface area contributed by atoms with Crippen LogP contribution in [0.3, 0.4) is 0 Å². The Kier molecular flexibility index (Phi) is 6.05. The van der Waals surface area contributed by atoms with Crippen molar-refractivity contribution in [1.29, 1.82) is 0 Å². The number of amides is 1. The highest BCUT2D eigenvalue weighted by atomic mass is 16.5. The van der Waals surface area contributed by atoms with Gasteiger partial charge in [-0.3, -0.25) is 4.79 Å². The quantitative estimate of drug-likeness (QED) is 0.635. The maximum atomic E-state index is 13.2. The molecule has 0 aliphatic rings. The third kappa shape index (κ3) is 4.31. The number of nitrogens with one attached hydrogen (secondary N) is 1. The van der Waals surface area contributed by atoms with Crippen molar-refractivity contribution in [2.45, 2.75) is 19.3 Å². The molecular weight excluding hydrogens is 322 g/mol. The molecule has 3 rings (SSSR count). The minimum atomic E-state index is -0.378. The molecule has 3 nitrogen and oxygen atoms in total. The highest BCUT2D eigenvalue weighted by Gasteiger charge is 2.23. The fraction of sp³-hybridized carbons (Fsp3) is 0.174. The van der Waals surface area contributed by atoms with Crippen molar-refractivity contribution in [3.05, 3.63) is 96.1 Å². The van der Waals surface area contributed by atoms with Crippen molar-refractivity contribution in [1.82, 2.24) is 0 Å². The summed E-state index contributed by atoms with van der Waals surface area (Å²) >= 11 is 0. The summed E-state index contributed by atoms with van der Waals surface area (Å²) in [6.07, 6.45) is 0.916. The zero-order valence-corrected chi connectivity index (χ0v) is 14.9. The summed E-state index contributed by atoms with van der Waals surface area (Å²) in [6.45, 7) is 2.68. The largest absolute Gasteiger partial charge is 0.491 e. The second-order valence-electron chi connectivity index (χ2n) is 6.09. The first-order chi connectivity index (χ1) is 12.8. The average molecular weight is 345 g/mol. The first kappa shape index (κ1) is 17.7. The van der Waals surface area contributed by atoms with Crippen LogP contribution in [0.1, 0.15) is 30.4 Å². The molecular formula is C23H23NO2. The molecule has 0 saturated heterocycles. The molecule has 0 aliphatic heterocycles. The number of hydrogen-bond acceptors (Lipinski definition) is 2. The molecule has 3 heteroatoms. The van der Waals surface area contributed by atoms with Gasteiger partial charge in [-0.1, -0.05) is 79.7 Å². The molecule has 26 heavy (non-hydrogen) atoms. The lowest BCUT2D eigenvalue weighted by atomic mass is 9.90. The van der Waals surface area contributed by atoms with E-state index in [9.17, 15) is 4.79 Å². The van der Waals surface area contributed by atoms with Crippen LogP contribution < -0.4 is 10.1 Å². The van der Waals surface area contributed by atoms with Crippen LogP contribution in [0.5, 0.6) is 5.75 Å². The average Bonchev–Trinajstić information content (AvgIpc) is 2.69. The first-order valence-electron chi connectivity index (χ1n) is 8.92. The maximum absolute atomic E-state index is 13.2. The summed E-state index contributed by atoms with van der Waals surface area (Å²) in [5, 5.41) is 3.05.